The minimum Gasteiger partial charge on any atom is -0.505 e. The first-order chi connectivity index (χ1) is 8.88. The summed E-state index contributed by atoms with van der Waals surface area (Å²) in [7, 11) is 1.84. The molecule has 0 aliphatic carbocycles. The molecule has 1 fully saturated rings. The average Bonchev–Trinajstić information content (AvgIpc) is 2.88. The van der Waals surface area contributed by atoms with Crippen LogP contribution in [0.25, 0.3) is 0 Å². The van der Waals surface area contributed by atoms with Gasteiger partial charge < -0.3 is 30.1 Å². The van der Waals surface area contributed by atoms with Gasteiger partial charge in [-0.25, -0.2) is 4.79 Å². The van der Waals surface area contributed by atoms with Crippen LogP contribution < -0.4 is 0 Å². The van der Waals surface area contributed by atoms with Crippen LogP contribution in [-0.4, -0.2) is 69.6 Å². The molecule has 2 heterocycles. The maximum Gasteiger partial charge on any atom is 0.377 e. The second kappa shape index (κ2) is 6.39. The number of carbonyl (C=O) groups is 2. The molecule has 0 aromatic carbocycles. The number of hydrogen-bond donors (Lipinski definition) is 4. The third-order valence-electron chi connectivity index (χ3n) is 2.79. The Morgan fingerprint density at radius 2 is 2.05 bits per heavy atom. The lowest BCUT2D eigenvalue weighted by atomic mass is 10.2. The van der Waals surface area contributed by atoms with Gasteiger partial charge in [-0.1, -0.05) is 0 Å². The van der Waals surface area contributed by atoms with Gasteiger partial charge in [-0.3, -0.25) is 4.79 Å². The molecular weight excluding hydrogens is 258 g/mol. The Labute approximate surface area is 109 Å². The van der Waals surface area contributed by atoms with E-state index in [1.54, 1.807) is 4.90 Å². The summed E-state index contributed by atoms with van der Waals surface area (Å²) in [5, 5.41) is 35.0. The molecule has 108 valence electrons. The number of likely N-dealkylation sites (tertiary alicyclic amines) is 1. The maximum absolute atomic E-state index is 10.5. The Morgan fingerprint density at radius 1 is 1.42 bits per heavy atom. The van der Waals surface area contributed by atoms with E-state index in [-0.39, 0.29) is 0 Å². The fourth-order valence-electron chi connectivity index (χ4n) is 1.61. The summed E-state index contributed by atoms with van der Waals surface area (Å²) < 4.78 is 4.32. The van der Waals surface area contributed by atoms with Crippen LogP contribution in [0, 0.1) is 0 Å². The van der Waals surface area contributed by atoms with Gasteiger partial charge in [-0.05, 0) is 6.42 Å². The first-order valence-electron chi connectivity index (χ1n) is 5.74. The highest BCUT2D eigenvalue weighted by atomic mass is 16.6. The van der Waals surface area contributed by atoms with Gasteiger partial charge in [0.25, 0.3) is 0 Å². The molecule has 2 aliphatic heterocycles. The van der Waals surface area contributed by atoms with Crippen molar-refractivity contribution < 1.29 is 34.8 Å². The summed E-state index contributed by atoms with van der Waals surface area (Å²) >= 11 is 0. The summed E-state index contributed by atoms with van der Waals surface area (Å²) in [6.45, 7) is 0.286. The van der Waals surface area contributed by atoms with Crippen molar-refractivity contribution in [2.24, 2.45) is 0 Å². The molecule has 0 aromatic rings. The number of rotatable bonds is 2. The van der Waals surface area contributed by atoms with E-state index in [1.165, 1.54) is 0 Å². The third kappa shape index (κ3) is 3.58. The Balaban J connectivity index is 0.000000218. The molecule has 0 aromatic heterocycles. The Hall–Kier alpha value is -1.80. The smallest absolute Gasteiger partial charge is 0.377 e. The topological polar surface area (TPSA) is 128 Å². The lowest BCUT2D eigenvalue weighted by Gasteiger charge is -2.13. The molecule has 2 atom stereocenters. The zero-order valence-electron chi connectivity index (χ0n) is 10.4. The van der Waals surface area contributed by atoms with Gasteiger partial charge in [-0.2, -0.15) is 0 Å². The van der Waals surface area contributed by atoms with Gasteiger partial charge in [0.15, 0.2) is 11.9 Å². The minimum atomic E-state index is -1.42. The second-order valence-electron chi connectivity index (χ2n) is 4.23. The molecule has 1 amide bonds. The number of ether oxygens (including phenoxy) is 1. The Bertz CT molecular complexity index is 393. The first kappa shape index (κ1) is 15.3. The fourth-order valence-corrected chi connectivity index (χ4v) is 1.61. The SMILES string of the molecule is CN1CCCC1=O.O=C1O[C@H]([C@@H](O)CO)C(O)=C1O. The normalized spacial score (nSPS) is 24.2. The number of hydrogen-bond acceptors (Lipinski definition) is 7. The summed E-state index contributed by atoms with van der Waals surface area (Å²) in [5.74, 6) is -2.49. The predicted octanol–water partition coefficient (Wildman–Crippen LogP) is -1.17. The average molecular weight is 275 g/mol. The van der Waals surface area contributed by atoms with E-state index in [1.807, 2.05) is 7.05 Å². The van der Waals surface area contributed by atoms with E-state index in [2.05, 4.69) is 4.74 Å². The molecule has 4 N–H and O–H groups in total. The van der Waals surface area contributed by atoms with Gasteiger partial charge in [0.05, 0.1) is 6.61 Å². The highest BCUT2D eigenvalue weighted by Gasteiger charge is 2.38. The molecule has 8 nitrogen and oxygen atoms in total. The van der Waals surface area contributed by atoms with Crippen molar-refractivity contribution >= 4 is 11.9 Å². The number of amides is 1. The van der Waals surface area contributed by atoms with Crippen LogP contribution in [0.1, 0.15) is 12.8 Å². The van der Waals surface area contributed by atoms with Crippen LogP contribution in [0.2, 0.25) is 0 Å². The zero-order chi connectivity index (χ0) is 14.6. The molecule has 0 radical (unpaired) electrons. The maximum atomic E-state index is 10.5. The van der Waals surface area contributed by atoms with Crippen LogP contribution in [0.15, 0.2) is 11.5 Å². The standard InChI is InChI=1S/C6H8O6.C5H9NO/c7-1-2(8)5-3(9)4(10)6(11)12-5;1-6-4-2-3-5(6)7/h2,5,7-10H,1H2;2-4H2,1H3/t2-,5+;/m0./s1. The van der Waals surface area contributed by atoms with Gasteiger partial charge in [-0.15, -0.1) is 0 Å². The lowest BCUT2D eigenvalue weighted by molar-refractivity contribution is -0.147. The zero-order valence-corrected chi connectivity index (χ0v) is 10.4. The summed E-state index contributed by atoms with van der Waals surface area (Å²) in [6.07, 6.45) is -0.965. The summed E-state index contributed by atoms with van der Waals surface area (Å²) in [4.78, 5) is 22.8. The number of aliphatic hydroxyl groups is 4. The second-order valence-corrected chi connectivity index (χ2v) is 4.23. The minimum absolute atomic E-state index is 0.292. The molecule has 0 bridgehead atoms. The number of aliphatic hydroxyl groups excluding tert-OH is 4. The molecule has 0 unspecified atom stereocenters. The lowest BCUT2D eigenvalue weighted by Crippen LogP contribution is -2.31. The van der Waals surface area contributed by atoms with E-state index < -0.39 is 36.3 Å². The van der Waals surface area contributed by atoms with E-state index >= 15 is 0 Å². The third-order valence-corrected chi connectivity index (χ3v) is 2.79. The molecule has 8 heteroatoms. The predicted molar refractivity (Wildman–Crippen MR) is 62.1 cm³/mol. The van der Waals surface area contributed by atoms with Gasteiger partial charge in [0.2, 0.25) is 11.7 Å². The quantitative estimate of drug-likeness (QED) is 0.467. The summed E-state index contributed by atoms with van der Waals surface area (Å²) in [6, 6.07) is 0. The number of nitrogens with zero attached hydrogens (tertiary/aromatic N) is 1. The molecule has 0 saturated carbocycles. The monoisotopic (exact) mass is 275 g/mol. The van der Waals surface area contributed by atoms with Crippen molar-refractivity contribution in [3.63, 3.8) is 0 Å². The number of carbonyl (C=O) groups excluding carboxylic acids is 2. The van der Waals surface area contributed by atoms with Crippen molar-refractivity contribution in [1.29, 1.82) is 0 Å². The Kier molecular flexibility index (Phi) is 5.13. The highest BCUT2D eigenvalue weighted by molar-refractivity contribution is 5.89. The van der Waals surface area contributed by atoms with E-state index in [0.29, 0.717) is 5.91 Å². The molecular formula is C11H17NO7. The van der Waals surface area contributed by atoms with Crippen LogP contribution in [-0.2, 0) is 14.3 Å². The van der Waals surface area contributed by atoms with Crippen molar-refractivity contribution in [2.75, 3.05) is 20.2 Å². The molecule has 19 heavy (non-hydrogen) atoms. The summed E-state index contributed by atoms with van der Waals surface area (Å²) in [5.41, 5.74) is 0. The fraction of sp³-hybridized carbons (Fsp3) is 0.636. The van der Waals surface area contributed by atoms with Gasteiger partial charge in [0.1, 0.15) is 6.10 Å². The highest BCUT2D eigenvalue weighted by Crippen LogP contribution is 2.20. The Morgan fingerprint density at radius 3 is 2.32 bits per heavy atom. The molecule has 2 aliphatic rings. The first-order valence-corrected chi connectivity index (χ1v) is 5.74. The van der Waals surface area contributed by atoms with Crippen molar-refractivity contribution in [3.8, 4) is 0 Å². The van der Waals surface area contributed by atoms with Crippen LogP contribution >= 0.6 is 0 Å². The largest absolute Gasteiger partial charge is 0.505 e. The number of cyclic esters (lactones) is 1. The van der Waals surface area contributed by atoms with Crippen molar-refractivity contribution in [2.45, 2.75) is 25.0 Å². The molecule has 2 rings (SSSR count). The van der Waals surface area contributed by atoms with Gasteiger partial charge >= 0.3 is 5.97 Å². The molecule has 0 spiro atoms. The van der Waals surface area contributed by atoms with Crippen molar-refractivity contribution in [3.05, 3.63) is 11.5 Å². The van der Waals surface area contributed by atoms with Gasteiger partial charge in [0, 0.05) is 20.0 Å². The van der Waals surface area contributed by atoms with Crippen molar-refractivity contribution in [1.82, 2.24) is 4.90 Å². The number of esters is 1. The molecule has 1 saturated heterocycles. The van der Waals surface area contributed by atoms with Crippen LogP contribution in [0.5, 0.6) is 0 Å². The van der Waals surface area contributed by atoms with Crippen LogP contribution in [0.4, 0.5) is 0 Å². The van der Waals surface area contributed by atoms with E-state index in [4.69, 9.17) is 20.4 Å². The van der Waals surface area contributed by atoms with Crippen LogP contribution in [0.3, 0.4) is 0 Å². The van der Waals surface area contributed by atoms with E-state index in [9.17, 15) is 9.59 Å². The van der Waals surface area contributed by atoms with E-state index in [0.717, 1.165) is 19.4 Å².